The van der Waals surface area contributed by atoms with Crippen molar-refractivity contribution < 1.29 is 23.5 Å². The Kier molecular flexibility index (Phi) is 12.1. The Hall–Kier alpha value is -2.84. The number of hydrogen-bond donors (Lipinski definition) is 3. The molecule has 2 atom stereocenters. The minimum absolute atomic E-state index is 0.0311. The molecule has 204 valence electrons. The van der Waals surface area contributed by atoms with Crippen LogP contribution in [0.2, 0.25) is 0 Å². The second-order valence-electron chi connectivity index (χ2n) is 10.1. The Morgan fingerprint density at radius 2 is 1.51 bits per heavy atom. The number of rotatable bonds is 14. The fourth-order valence-corrected chi connectivity index (χ4v) is 4.25. The maximum absolute atomic E-state index is 13.8. The first kappa shape index (κ1) is 30.4. The summed E-state index contributed by atoms with van der Waals surface area (Å²) in [6.07, 6.45) is 0.680. The molecular formula is C29H41F2N3O3. The van der Waals surface area contributed by atoms with Gasteiger partial charge in [0.2, 0.25) is 0 Å². The third-order valence-electron chi connectivity index (χ3n) is 5.93. The maximum atomic E-state index is 13.8. The molecule has 37 heavy (non-hydrogen) atoms. The van der Waals surface area contributed by atoms with E-state index in [-0.39, 0.29) is 24.4 Å². The zero-order valence-electron chi connectivity index (χ0n) is 22.6. The molecule has 8 heteroatoms. The third kappa shape index (κ3) is 9.85. The largest absolute Gasteiger partial charge is 0.390 e. The number of benzene rings is 2. The van der Waals surface area contributed by atoms with E-state index >= 15 is 0 Å². The van der Waals surface area contributed by atoms with Crippen LogP contribution in [0.4, 0.5) is 8.78 Å². The highest BCUT2D eigenvalue weighted by molar-refractivity contribution is 6.00. The van der Waals surface area contributed by atoms with E-state index < -0.39 is 29.7 Å². The topological polar surface area (TPSA) is 81.7 Å². The van der Waals surface area contributed by atoms with Crippen molar-refractivity contribution in [2.75, 3.05) is 26.2 Å². The molecule has 0 saturated carbocycles. The smallest absolute Gasteiger partial charge is 0.253 e. The van der Waals surface area contributed by atoms with Gasteiger partial charge in [-0.1, -0.05) is 27.7 Å². The van der Waals surface area contributed by atoms with Gasteiger partial charge in [0, 0.05) is 36.8 Å². The molecule has 0 radical (unpaired) electrons. The number of hydrogen-bond acceptors (Lipinski definition) is 4. The number of aliphatic hydroxyl groups excluding tert-OH is 1. The van der Waals surface area contributed by atoms with Crippen molar-refractivity contribution in [1.29, 1.82) is 0 Å². The number of carbonyl (C=O) groups excluding carboxylic acids is 2. The summed E-state index contributed by atoms with van der Waals surface area (Å²) in [5.74, 6) is -1.69. The van der Waals surface area contributed by atoms with E-state index in [4.69, 9.17) is 0 Å². The molecule has 0 aliphatic rings. The van der Waals surface area contributed by atoms with Gasteiger partial charge < -0.3 is 20.6 Å². The van der Waals surface area contributed by atoms with Crippen LogP contribution in [0.15, 0.2) is 36.4 Å². The second kappa shape index (κ2) is 14.8. The zero-order valence-corrected chi connectivity index (χ0v) is 22.6. The molecule has 0 unspecified atom stereocenters. The monoisotopic (exact) mass is 517 g/mol. The number of nitrogens with one attached hydrogen (secondary N) is 2. The maximum Gasteiger partial charge on any atom is 0.253 e. The Morgan fingerprint density at radius 3 is 2.08 bits per heavy atom. The van der Waals surface area contributed by atoms with E-state index in [1.54, 1.807) is 23.1 Å². The normalized spacial score (nSPS) is 12.9. The molecule has 0 aliphatic heterocycles. The number of amides is 2. The molecule has 0 aliphatic carbocycles. The van der Waals surface area contributed by atoms with Crippen LogP contribution < -0.4 is 10.6 Å². The van der Waals surface area contributed by atoms with Crippen LogP contribution >= 0.6 is 0 Å². The lowest BCUT2D eigenvalue weighted by atomic mass is 9.99. The second-order valence-corrected chi connectivity index (χ2v) is 10.1. The van der Waals surface area contributed by atoms with Crippen molar-refractivity contribution >= 4 is 11.8 Å². The summed E-state index contributed by atoms with van der Waals surface area (Å²) in [5.41, 5.74) is 1.79. The SMILES string of the molecule is CCCN(CCC)C(=O)c1cc(C)cc(C(=O)N[C@@H](Cc2cc(F)cc(F)c2)[C@H](O)CNCC(C)C)c1. The fourth-order valence-electron chi connectivity index (χ4n) is 4.25. The molecule has 2 amide bonds. The third-order valence-corrected chi connectivity index (χ3v) is 5.93. The Morgan fingerprint density at radius 1 is 0.919 bits per heavy atom. The Labute approximate surface area is 219 Å². The van der Waals surface area contributed by atoms with Crippen LogP contribution in [-0.2, 0) is 6.42 Å². The Balaban J connectivity index is 2.29. The van der Waals surface area contributed by atoms with E-state index in [0.717, 1.165) is 24.5 Å². The molecule has 2 aromatic rings. The van der Waals surface area contributed by atoms with Crippen LogP contribution in [0.1, 0.15) is 72.4 Å². The summed E-state index contributed by atoms with van der Waals surface area (Å²) in [6.45, 7) is 12.0. The molecule has 0 aromatic heterocycles. The summed E-state index contributed by atoms with van der Waals surface area (Å²) in [4.78, 5) is 28.2. The number of halogens is 2. The highest BCUT2D eigenvalue weighted by Crippen LogP contribution is 2.16. The summed E-state index contributed by atoms with van der Waals surface area (Å²) in [5, 5.41) is 16.9. The van der Waals surface area contributed by atoms with Gasteiger partial charge in [0.1, 0.15) is 11.6 Å². The van der Waals surface area contributed by atoms with Crippen molar-refractivity contribution in [1.82, 2.24) is 15.5 Å². The van der Waals surface area contributed by atoms with Gasteiger partial charge in [-0.15, -0.1) is 0 Å². The van der Waals surface area contributed by atoms with Crippen molar-refractivity contribution in [3.8, 4) is 0 Å². The molecule has 2 rings (SSSR count). The quantitative estimate of drug-likeness (QED) is 0.345. The molecule has 0 heterocycles. The summed E-state index contributed by atoms with van der Waals surface area (Å²) < 4.78 is 27.6. The summed E-state index contributed by atoms with van der Waals surface area (Å²) >= 11 is 0. The van der Waals surface area contributed by atoms with Gasteiger partial charge in [-0.05, 0) is 80.1 Å². The van der Waals surface area contributed by atoms with E-state index in [9.17, 15) is 23.5 Å². The van der Waals surface area contributed by atoms with Gasteiger partial charge >= 0.3 is 0 Å². The van der Waals surface area contributed by atoms with Crippen molar-refractivity contribution in [3.63, 3.8) is 0 Å². The van der Waals surface area contributed by atoms with E-state index in [1.807, 2.05) is 34.6 Å². The van der Waals surface area contributed by atoms with Gasteiger partial charge in [0.25, 0.3) is 11.8 Å². The van der Waals surface area contributed by atoms with Gasteiger partial charge in [-0.25, -0.2) is 8.78 Å². The first-order valence-corrected chi connectivity index (χ1v) is 13.1. The van der Waals surface area contributed by atoms with Crippen molar-refractivity contribution in [2.45, 2.75) is 66.0 Å². The highest BCUT2D eigenvalue weighted by atomic mass is 19.1. The number of aryl methyl sites for hydroxylation is 1. The van der Waals surface area contributed by atoms with Crippen LogP contribution in [-0.4, -0.2) is 60.1 Å². The fraction of sp³-hybridized carbons (Fsp3) is 0.517. The average Bonchev–Trinajstić information content (AvgIpc) is 2.81. The molecule has 0 spiro atoms. The molecule has 0 saturated heterocycles. The summed E-state index contributed by atoms with van der Waals surface area (Å²) in [7, 11) is 0. The standard InChI is InChI=1S/C29H41F2N3O3/c1-6-8-34(9-7-2)29(37)23-11-20(5)10-22(15-23)28(36)33-26(27(35)18-32-17-19(3)4)14-21-12-24(30)16-25(31)13-21/h10-13,15-16,19,26-27,32,35H,6-9,14,17-18H2,1-5H3,(H,33,36)/t26-,27+/m0/s1. The van der Waals surface area contributed by atoms with Crippen molar-refractivity contribution in [3.05, 3.63) is 70.3 Å². The van der Waals surface area contributed by atoms with Crippen LogP contribution in [0.25, 0.3) is 0 Å². The van der Waals surface area contributed by atoms with E-state index in [0.29, 0.717) is 36.7 Å². The summed E-state index contributed by atoms with van der Waals surface area (Å²) in [6, 6.07) is 7.35. The molecule has 6 nitrogen and oxygen atoms in total. The first-order valence-electron chi connectivity index (χ1n) is 13.1. The predicted molar refractivity (Wildman–Crippen MR) is 143 cm³/mol. The van der Waals surface area contributed by atoms with Gasteiger partial charge in [0.05, 0.1) is 12.1 Å². The minimum Gasteiger partial charge on any atom is -0.390 e. The predicted octanol–water partition coefficient (Wildman–Crippen LogP) is 4.48. The van der Waals surface area contributed by atoms with E-state index in [1.165, 1.54) is 12.1 Å². The molecule has 0 fully saturated rings. The lowest BCUT2D eigenvalue weighted by molar-refractivity contribution is 0.0755. The van der Waals surface area contributed by atoms with Gasteiger partial charge in [0.15, 0.2) is 0 Å². The minimum atomic E-state index is -1.01. The molecule has 3 N–H and O–H groups in total. The lowest BCUT2D eigenvalue weighted by Gasteiger charge is -2.26. The number of nitrogens with zero attached hydrogens (tertiary/aromatic N) is 1. The first-order chi connectivity index (χ1) is 17.5. The lowest BCUT2D eigenvalue weighted by Crippen LogP contribution is -2.49. The zero-order chi connectivity index (χ0) is 27.5. The number of aliphatic hydroxyl groups is 1. The number of carbonyl (C=O) groups is 2. The average molecular weight is 518 g/mol. The van der Waals surface area contributed by atoms with Gasteiger partial charge in [-0.3, -0.25) is 9.59 Å². The van der Waals surface area contributed by atoms with Crippen LogP contribution in [0.5, 0.6) is 0 Å². The van der Waals surface area contributed by atoms with Crippen LogP contribution in [0, 0.1) is 24.5 Å². The van der Waals surface area contributed by atoms with Gasteiger partial charge in [-0.2, -0.15) is 0 Å². The molecule has 2 aromatic carbocycles. The van der Waals surface area contributed by atoms with E-state index in [2.05, 4.69) is 10.6 Å². The van der Waals surface area contributed by atoms with Crippen LogP contribution in [0.3, 0.4) is 0 Å². The van der Waals surface area contributed by atoms with Crippen molar-refractivity contribution in [2.24, 2.45) is 5.92 Å². The highest BCUT2D eigenvalue weighted by Gasteiger charge is 2.24. The molecule has 0 bridgehead atoms. The molecular weight excluding hydrogens is 476 g/mol. The Bertz CT molecular complexity index is 1020.